The Morgan fingerprint density at radius 2 is 1.96 bits per heavy atom. The van der Waals surface area contributed by atoms with Crippen molar-refractivity contribution in [1.29, 1.82) is 0 Å². The lowest BCUT2D eigenvalue weighted by Crippen LogP contribution is -2.32. The molecular weight excluding hydrogens is 409 g/mol. The van der Waals surface area contributed by atoms with E-state index in [4.69, 9.17) is 19.7 Å². The number of benzene rings is 1. The summed E-state index contributed by atoms with van der Waals surface area (Å²) in [7, 11) is 0. The van der Waals surface area contributed by atoms with Crippen molar-refractivity contribution in [3.63, 3.8) is 0 Å². The van der Waals surface area contributed by atoms with Gasteiger partial charge in [-0.3, -0.25) is 0 Å². The number of alkyl halides is 1. The second-order valence-corrected chi connectivity index (χ2v) is 7.81. The van der Waals surface area contributed by atoms with E-state index < -0.39 is 5.79 Å². The van der Waals surface area contributed by atoms with Crippen LogP contribution in [0.1, 0.15) is 19.4 Å². The highest BCUT2D eigenvalue weighted by Crippen LogP contribution is 2.46. The minimum absolute atomic E-state index is 0.0989. The van der Waals surface area contributed by atoms with E-state index in [1.165, 1.54) is 0 Å². The maximum Gasteiger partial charge on any atom is 0.163 e. The molecule has 1 saturated carbocycles. The molecule has 0 aromatic heterocycles. The van der Waals surface area contributed by atoms with Crippen molar-refractivity contribution in [1.82, 2.24) is 0 Å². The van der Waals surface area contributed by atoms with Crippen molar-refractivity contribution >= 4 is 22.6 Å². The predicted octanol–water partition coefficient (Wildman–Crippen LogP) is 3.84. The Labute approximate surface area is 149 Å². The van der Waals surface area contributed by atoms with Crippen LogP contribution in [0, 0.1) is 5.92 Å². The van der Waals surface area contributed by atoms with Gasteiger partial charge in [-0.15, -0.1) is 0 Å². The molecule has 0 radical (unpaired) electrons. The molecule has 23 heavy (non-hydrogen) atoms. The minimum Gasteiger partial charge on any atom is -0.376 e. The SMILES string of the molecule is CC1(C)O[C@@H]2[C@@H](COCc3ccccc3)[C@@H](I)[C@@H](N=[N+]=[N-])[C@@H]2O1. The molecule has 0 N–H and O–H groups in total. The van der Waals surface area contributed by atoms with E-state index in [9.17, 15) is 0 Å². The molecule has 0 amide bonds. The van der Waals surface area contributed by atoms with Gasteiger partial charge < -0.3 is 14.2 Å². The van der Waals surface area contributed by atoms with Crippen LogP contribution in [0.15, 0.2) is 35.4 Å². The summed E-state index contributed by atoms with van der Waals surface area (Å²) in [5, 5.41) is 3.94. The van der Waals surface area contributed by atoms with E-state index in [1.54, 1.807) is 0 Å². The van der Waals surface area contributed by atoms with Gasteiger partial charge in [0.15, 0.2) is 5.79 Å². The molecule has 2 aliphatic rings. The van der Waals surface area contributed by atoms with Crippen molar-refractivity contribution in [2.45, 2.75) is 48.4 Å². The summed E-state index contributed by atoms with van der Waals surface area (Å²) in [6.07, 6.45) is -0.300. The Morgan fingerprint density at radius 3 is 2.65 bits per heavy atom. The summed E-state index contributed by atoms with van der Waals surface area (Å²) in [6, 6.07) is 9.85. The number of azide groups is 1. The van der Waals surface area contributed by atoms with Crippen LogP contribution < -0.4 is 0 Å². The summed E-state index contributed by atoms with van der Waals surface area (Å²) in [6.45, 7) is 4.90. The van der Waals surface area contributed by atoms with Gasteiger partial charge in [-0.1, -0.05) is 58.0 Å². The van der Waals surface area contributed by atoms with Crippen molar-refractivity contribution in [2.75, 3.05) is 6.61 Å². The van der Waals surface area contributed by atoms with Crippen LogP contribution in [0.3, 0.4) is 0 Å². The zero-order valence-corrected chi connectivity index (χ0v) is 15.3. The lowest BCUT2D eigenvalue weighted by atomic mass is 10.1. The summed E-state index contributed by atoms with van der Waals surface area (Å²) < 4.78 is 18.0. The van der Waals surface area contributed by atoms with Gasteiger partial charge in [0.2, 0.25) is 0 Å². The molecule has 124 valence electrons. The molecule has 1 heterocycles. The zero-order valence-electron chi connectivity index (χ0n) is 13.1. The van der Waals surface area contributed by atoms with Crippen LogP contribution in [0.4, 0.5) is 0 Å². The zero-order chi connectivity index (χ0) is 16.4. The Bertz CT molecular complexity index is 591. The second kappa shape index (κ2) is 6.94. The molecule has 1 saturated heterocycles. The molecule has 3 rings (SSSR count). The number of hydrogen-bond acceptors (Lipinski definition) is 4. The number of fused-ring (bicyclic) bond motifs is 1. The molecule has 0 unspecified atom stereocenters. The Kier molecular flexibility index (Phi) is 5.13. The van der Waals surface area contributed by atoms with Crippen LogP contribution in [-0.2, 0) is 20.8 Å². The van der Waals surface area contributed by atoms with E-state index in [0.717, 1.165) is 5.56 Å². The first-order valence-electron chi connectivity index (χ1n) is 7.67. The van der Waals surface area contributed by atoms with E-state index in [1.807, 2.05) is 44.2 Å². The second-order valence-electron chi connectivity index (χ2n) is 6.37. The highest BCUT2D eigenvalue weighted by Gasteiger charge is 2.57. The summed E-state index contributed by atoms with van der Waals surface area (Å²) in [5.74, 6) is -0.505. The van der Waals surface area contributed by atoms with Crippen molar-refractivity contribution in [3.05, 3.63) is 46.3 Å². The fourth-order valence-corrected chi connectivity index (χ4v) is 4.46. The van der Waals surface area contributed by atoms with Crippen LogP contribution in [0.25, 0.3) is 10.4 Å². The first kappa shape index (κ1) is 17.0. The topological polar surface area (TPSA) is 76.5 Å². The van der Waals surface area contributed by atoms with Crippen LogP contribution >= 0.6 is 22.6 Å². The first-order chi connectivity index (χ1) is 11.0. The summed E-state index contributed by atoms with van der Waals surface area (Å²) in [4.78, 5) is 2.98. The molecule has 1 aromatic carbocycles. The van der Waals surface area contributed by atoms with Gasteiger partial charge in [-0.2, -0.15) is 0 Å². The van der Waals surface area contributed by atoms with Crippen LogP contribution in [0.2, 0.25) is 0 Å². The monoisotopic (exact) mass is 429 g/mol. The van der Waals surface area contributed by atoms with Gasteiger partial charge in [0, 0.05) is 14.8 Å². The molecule has 0 spiro atoms. The van der Waals surface area contributed by atoms with Crippen LogP contribution in [0.5, 0.6) is 0 Å². The minimum atomic E-state index is -0.646. The third-order valence-electron chi connectivity index (χ3n) is 4.26. The Morgan fingerprint density at radius 1 is 1.26 bits per heavy atom. The summed E-state index contributed by atoms with van der Waals surface area (Å²) >= 11 is 2.33. The number of rotatable bonds is 5. The predicted molar refractivity (Wildman–Crippen MR) is 94.2 cm³/mol. The first-order valence-corrected chi connectivity index (χ1v) is 8.92. The van der Waals surface area contributed by atoms with Gasteiger partial charge in [-0.05, 0) is 24.9 Å². The van der Waals surface area contributed by atoms with Gasteiger partial charge >= 0.3 is 0 Å². The van der Waals surface area contributed by atoms with E-state index in [0.29, 0.717) is 13.2 Å². The smallest absolute Gasteiger partial charge is 0.163 e. The molecular formula is C16H20IN3O3. The lowest BCUT2D eigenvalue weighted by molar-refractivity contribution is -0.159. The number of ether oxygens (including phenoxy) is 3. The average molecular weight is 429 g/mol. The highest BCUT2D eigenvalue weighted by atomic mass is 127. The van der Waals surface area contributed by atoms with E-state index >= 15 is 0 Å². The van der Waals surface area contributed by atoms with Gasteiger partial charge in [0.1, 0.15) is 0 Å². The Hall–Kier alpha value is -0.860. The molecule has 1 aromatic rings. The highest BCUT2D eigenvalue weighted by molar-refractivity contribution is 14.1. The average Bonchev–Trinajstić information content (AvgIpc) is 2.95. The van der Waals surface area contributed by atoms with Gasteiger partial charge in [0.05, 0.1) is 31.5 Å². The van der Waals surface area contributed by atoms with Crippen LogP contribution in [-0.4, -0.2) is 34.6 Å². The third kappa shape index (κ3) is 3.64. The third-order valence-corrected chi connectivity index (χ3v) is 5.92. The molecule has 6 nitrogen and oxygen atoms in total. The van der Waals surface area contributed by atoms with E-state index in [2.05, 4.69) is 32.6 Å². The maximum absolute atomic E-state index is 8.83. The molecule has 0 bridgehead atoms. The fourth-order valence-electron chi connectivity index (χ4n) is 3.29. The standard InChI is InChI=1S/C16H20IN3O3/c1-16(2)22-14-11(9-21-8-10-6-4-3-5-7-10)12(17)13(19-20-18)15(14)23-16/h3-7,11-15H,8-9H2,1-2H3/t11-,12+,13+,14+,15-/m0/s1. The van der Waals surface area contributed by atoms with Crippen molar-refractivity contribution in [3.8, 4) is 0 Å². The number of hydrogen-bond donors (Lipinski definition) is 0. The van der Waals surface area contributed by atoms with Crippen molar-refractivity contribution in [2.24, 2.45) is 11.0 Å². The van der Waals surface area contributed by atoms with Crippen molar-refractivity contribution < 1.29 is 14.2 Å². The molecule has 2 fully saturated rings. The lowest BCUT2D eigenvalue weighted by Gasteiger charge is -2.25. The molecule has 1 aliphatic carbocycles. The normalized spacial score (nSPS) is 34.8. The van der Waals surface area contributed by atoms with Gasteiger partial charge in [-0.25, -0.2) is 0 Å². The Balaban J connectivity index is 1.66. The van der Waals surface area contributed by atoms with E-state index in [-0.39, 0.29) is 28.1 Å². The molecule has 1 aliphatic heterocycles. The molecule has 7 heteroatoms. The molecule has 5 atom stereocenters. The largest absolute Gasteiger partial charge is 0.376 e. The quantitative estimate of drug-likeness (QED) is 0.235. The van der Waals surface area contributed by atoms with Gasteiger partial charge in [0.25, 0.3) is 0 Å². The fraction of sp³-hybridized carbons (Fsp3) is 0.625. The summed E-state index contributed by atoms with van der Waals surface area (Å²) in [5.41, 5.74) is 9.97. The maximum atomic E-state index is 8.83. The number of halogens is 1. The number of nitrogens with zero attached hydrogens (tertiary/aromatic N) is 3.